The number of benzene rings is 1. The van der Waals surface area contributed by atoms with Crippen molar-refractivity contribution in [3.63, 3.8) is 0 Å². The average molecular weight is 403 g/mol. The van der Waals surface area contributed by atoms with Crippen LogP contribution < -0.4 is 20.5 Å². The van der Waals surface area contributed by atoms with Crippen molar-refractivity contribution in [3.8, 4) is 0 Å². The molecule has 1 atom stereocenters. The molecule has 0 bridgehead atoms. The maximum Gasteiger partial charge on any atom is 0.344 e. The predicted molar refractivity (Wildman–Crippen MR) is 110 cm³/mol. The third-order valence-corrected chi connectivity index (χ3v) is 5.92. The molecule has 0 radical (unpaired) electrons. The number of carbonyl (C=O) groups is 3. The number of likely N-dealkylation sites (N-methyl/N-ethyl adjacent to an activating group) is 1. The van der Waals surface area contributed by atoms with Gasteiger partial charge in [-0.05, 0) is 31.9 Å². The Morgan fingerprint density at radius 3 is 2.41 bits per heavy atom. The minimum atomic E-state index is -0.825. The van der Waals surface area contributed by atoms with Gasteiger partial charge in [0, 0.05) is 25.3 Å². The molecule has 1 saturated heterocycles. The largest absolute Gasteiger partial charge is 0.378 e. The Balaban J connectivity index is 1.57. The van der Waals surface area contributed by atoms with Crippen LogP contribution in [0.25, 0.3) is 0 Å². The standard InChI is InChI=1S/C21H31N5O3/c1-4-25(14-16-8-10-17(11-9-16)24(2)3)15-18(27)23-26-19(28)21(22-20(26)29)12-6-5-7-13-21/h8-11H,4-7,12-15H2,1-3H3,(H,22,29)(H,23,27)/p+1. The lowest BCUT2D eigenvalue weighted by molar-refractivity contribution is -0.904. The molecule has 1 heterocycles. The fraction of sp³-hybridized carbons (Fsp3) is 0.571. The minimum Gasteiger partial charge on any atom is -0.378 e. The normalized spacial score (nSPS) is 19.2. The maximum absolute atomic E-state index is 12.8. The van der Waals surface area contributed by atoms with Gasteiger partial charge in [-0.15, -0.1) is 0 Å². The predicted octanol–water partition coefficient (Wildman–Crippen LogP) is 0.443. The Morgan fingerprint density at radius 2 is 1.83 bits per heavy atom. The highest BCUT2D eigenvalue weighted by Gasteiger charge is 2.52. The van der Waals surface area contributed by atoms with Gasteiger partial charge in [-0.25, -0.2) is 4.79 Å². The Hall–Kier alpha value is -2.61. The summed E-state index contributed by atoms with van der Waals surface area (Å²) in [5.74, 6) is -0.656. The highest BCUT2D eigenvalue weighted by Crippen LogP contribution is 2.32. The van der Waals surface area contributed by atoms with Gasteiger partial charge in [0.05, 0.1) is 6.54 Å². The third-order valence-electron chi connectivity index (χ3n) is 5.92. The molecular formula is C21H32N5O3+. The second kappa shape index (κ2) is 8.82. The number of nitrogens with zero attached hydrogens (tertiary/aromatic N) is 2. The highest BCUT2D eigenvalue weighted by atomic mass is 16.2. The van der Waals surface area contributed by atoms with E-state index in [0.29, 0.717) is 19.4 Å². The summed E-state index contributed by atoms with van der Waals surface area (Å²) in [4.78, 5) is 40.7. The lowest BCUT2D eigenvalue weighted by Crippen LogP contribution is -3.11. The van der Waals surface area contributed by atoms with Gasteiger partial charge < -0.3 is 15.1 Å². The van der Waals surface area contributed by atoms with E-state index in [9.17, 15) is 14.4 Å². The van der Waals surface area contributed by atoms with Crippen LogP contribution >= 0.6 is 0 Å². The van der Waals surface area contributed by atoms with E-state index < -0.39 is 11.6 Å². The highest BCUT2D eigenvalue weighted by molar-refractivity contribution is 6.08. The molecule has 1 unspecified atom stereocenters. The molecule has 1 aromatic carbocycles. The van der Waals surface area contributed by atoms with Crippen LogP contribution in [0.5, 0.6) is 0 Å². The van der Waals surface area contributed by atoms with Crippen molar-refractivity contribution in [2.24, 2.45) is 0 Å². The topological polar surface area (TPSA) is 86.2 Å². The Kier molecular flexibility index (Phi) is 6.42. The number of anilines is 1. The molecule has 8 heteroatoms. The summed E-state index contributed by atoms with van der Waals surface area (Å²) in [5.41, 5.74) is 3.96. The lowest BCUT2D eigenvalue weighted by atomic mass is 9.82. The van der Waals surface area contributed by atoms with E-state index in [4.69, 9.17) is 0 Å². The molecule has 158 valence electrons. The van der Waals surface area contributed by atoms with Gasteiger partial charge in [-0.1, -0.05) is 31.4 Å². The first-order valence-corrected chi connectivity index (χ1v) is 10.4. The zero-order valence-electron chi connectivity index (χ0n) is 17.6. The van der Waals surface area contributed by atoms with Gasteiger partial charge in [0.1, 0.15) is 12.1 Å². The van der Waals surface area contributed by atoms with E-state index in [1.807, 2.05) is 25.9 Å². The van der Waals surface area contributed by atoms with Gasteiger partial charge in [0.15, 0.2) is 6.54 Å². The van der Waals surface area contributed by atoms with Gasteiger partial charge in [-0.2, -0.15) is 5.01 Å². The molecular weight excluding hydrogens is 370 g/mol. The first-order valence-electron chi connectivity index (χ1n) is 10.4. The Morgan fingerprint density at radius 1 is 1.17 bits per heavy atom. The fourth-order valence-electron chi connectivity index (χ4n) is 4.12. The summed E-state index contributed by atoms with van der Waals surface area (Å²) in [6.45, 7) is 3.66. The van der Waals surface area contributed by atoms with E-state index >= 15 is 0 Å². The Bertz CT molecular complexity index is 756. The molecule has 1 aliphatic carbocycles. The van der Waals surface area contributed by atoms with Crippen LogP contribution in [0.15, 0.2) is 24.3 Å². The average Bonchev–Trinajstić information content (AvgIpc) is 2.92. The van der Waals surface area contributed by atoms with Gasteiger partial charge >= 0.3 is 6.03 Å². The van der Waals surface area contributed by atoms with Crippen LogP contribution in [-0.2, 0) is 16.1 Å². The quantitative estimate of drug-likeness (QED) is 0.578. The molecule has 8 nitrogen and oxygen atoms in total. The number of nitrogens with one attached hydrogen (secondary N) is 3. The molecule has 2 aliphatic rings. The number of hydrazine groups is 1. The zero-order valence-corrected chi connectivity index (χ0v) is 17.6. The molecule has 1 aromatic rings. The van der Waals surface area contributed by atoms with Crippen molar-refractivity contribution in [2.45, 2.75) is 51.1 Å². The van der Waals surface area contributed by atoms with E-state index in [0.717, 1.165) is 47.0 Å². The molecule has 29 heavy (non-hydrogen) atoms. The zero-order chi connectivity index (χ0) is 21.0. The third kappa shape index (κ3) is 4.70. The van der Waals surface area contributed by atoms with Crippen LogP contribution in [0.4, 0.5) is 10.5 Å². The first kappa shape index (κ1) is 21.1. The number of carbonyl (C=O) groups excluding carboxylic acids is 3. The number of urea groups is 1. The summed E-state index contributed by atoms with van der Waals surface area (Å²) in [5, 5.41) is 3.69. The van der Waals surface area contributed by atoms with Crippen LogP contribution in [-0.4, -0.2) is 55.6 Å². The van der Waals surface area contributed by atoms with Crippen molar-refractivity contribution in [1.29, 1.82) is 0 Å². The summed E-state index contributed by atoms with van der Waals surface area (Å²) in [7, 11) is 3.99. The monoisotopic (exact) mass is 402 g/mol. The van der Waals surface area contributed by atoms with Crippen LogP contribution in [0.1, 0.15) is 44.6 Å². The number of hydrogen-bond donors (Lipinski definition) is 3. The number of hydrogen-bond acceptors (Lipinski definition) is 4. The molecule has 1 saturated carbocycles. The van der Waals surface area contributed by atoms with Gasteiger partial charge in [0.25, 0.3) is 11.8 Å². The van der Waals surface area contributed by atoms with Crippen molar-refractivity contribution in [2.75, 3.05) is 32.1 Å². The van der Waals surface area contributed by atoms with E-state index in [2.05, 4.69) is 35.0 Å². The van der Waals surface area contributed by atoms with Crippen molar-refractivity contribution >= 4 is 23.5 Å². The van der Waals surface area contributed by atoms with Crippen LogP contribution in [0, 0.1) is 0 Å². The van der Waals surface area contributed by atoms with Crippen LogP contribution in [0.2, 0.25) is 0 Å². The van der Waals surface area contributed by atoms with Gasteiger partial charge in [-0.3, -0.25) is 15.0 Å². The summed E-state index contributed by atoms with van der Waals surface area (Å²) < 4.78 is 0. The molecule has 1 spiro atoms. The van der Waals surface area contributed by atoms with E-state index in [-0.39, 0.29) is 18.4 Å². The number of amides is 4. The molecule has 2 fully saturated rings. The summed E-state index contributed by atoms with van der Waals surface area (Å²) >= 11 is 0. The lowest BCUT2D eigenvalue weighted by Gasteiger charge is -2.30. The number of quaternary nitrogens is 1. The second-order valence-corrected chi connectivity index (χ2v) is 8.27. The SMILES string of the molecule is CC[NH+](CC(=O)NN1C(=O)NC2(CCCCC2)C1=O)Cc1ccc(N(C)C)cc1. The molecule has 4 amide bonds. The Labute approximate surface area is 172 Å². The fourth-order valence-corrected chi connectivity index (χ4v) is 4.12. The minimum absolute atomic E-state index is 0.190. The van der Waals surface area contributed by atoms with Crippen molar-refractivity contribution < 1.29 is 19.3 Å². The first-order chi connectivity index (χ1) is 13.8. The molecule has 3 N–H and O–H groups in total. The van der Waals surface area contributed by atoms with Crippen LogP contribution in [0.3, 0.4) is 0 Å². The second-order valence-electron chi connectivity index (χ2n) is 8.27. The van der Waals surface area contributed by atoms with E-state index in [1.54, 1.807) is 0 Å². The molecule has 0 aromatic heterocycles. The summed E-state index contributed by atoms with van der Waals surface area (Å²) in [6, 6.07) is 7.71. The van der Waals surface area contributed by atoms with Crippen molar-refractivity contribution in [1.82, 2.24) is 15.8 Å². The van der Waals surface area contributed by atoms with Gasteiger partial charge in [0.2, 0.25) is 0 Å². The maximum atomic E-state index is 12.8. The number of rotatable bonds is 7. The summed E-state index contributed by atoms with van der Waals surface area (Å²) in [6.07, 6.45) is 4.17. The van der Waals surface area contributed by atoms with Crippen molar-refractivity contribution in [3.05, 3.63) is 29.8 Å². The smallest absolute Gasteiger partial charge is 0.344 e. The van der Waals surface area contributed by atoms with E-state index in [1.165, 1.54) is 0 Å². The molecule has 3 rings (SSSR count). The molecule has 1 aliphatic heterocycles. The number of imide groups is 1.